The normalized spacial score (nSPS) is 10.8. The third kappa shape index (κ3) is 6.21. The Balaban J connectivity index is 3.97. The molecule has 0 radical (unpaired) electrons. The average Bonchev–Trinajstić information content (AvgIpc) is 2.21. The van der Waals surface area contributed by atoms with Gasteiger partial charge in [-0.2, -0.15) is 5.26 Å². The van der Waals surface area contributed by atoms with Crippen LogP contribution in [0.4, 0.5) is 0 Å². The second-order valence-corrected chi connectivity index (χ2v) is 2.73. The number of rotatable bonds is 6. The minimum atomic E-state index is -0.246. The Morgan fingerprint density at radius 2 is 2.14 bits per heavy atom. The molecule has 0 amide bonds. The van der Waals surface area contributed by atoms with E-state index in [0.717, 1.165) is 5.57 Å². The van der Waals surface area contributed by atoms with Gasteiger partial charge in [0.05, 0.1) is 26.2 Å². The highest BCUT2D eigenvalue weighted by Crippen LogP contribution is 2.07. The highest BCUT2D eigenvalue weighted by molar-refractivity contribution is 5.69. The number of carbonyl (C=O) groups is 1. The van der Waals surface area contributed by atoms with Crippen LogP contribution >= 0.6 is 0 Å². The van der Waals surface area contributed by atoms with E-state index in [1.165, 1.54) is 7.11 Å². The van der Waals surface area contributed by atoms with Gasteiger partial charge in [0.1, 0.15) is 0 Å². The van der Waals surface area contributed by atoms with Gasteiger partial charge in [-0.1, -0.05) is 6.08 Å². The standard InChI is InChI=1S/C10H15NO3/c1-13-8-9(4-3-7-11)5-6-10(12)14-2/h4H,3,5-6,8H2,1-2H3. The first-order chi connectivity index (χ1) is 6.74. The van der Waals surface area contributed by atoms with E-state index in [2.05, 4.69) is 4.74 Å². The summed E-state index contributed by atoms with van der Waals surface area (Å²) in [4.78, 5) is 10.8. The fourth-order valence-corrected chi connectivity index (χ4v) is 0.973. The van der Waals surface area contributed by atoms with Gasteiger partial charge < -0.3 is 9.47 Å². The Morgan fingerprint density at radius 3 is 2.64 bits per heavy atom. The second-order valence-electron chi connectivity index (χ2n) is 2.73. The molecule has 0 saturated carbocycles. The van der Waals surface area contributed by atoms with Gasteiger partial charge in [0, 0.05) is 13.5 Å². The summed E-state index contributed by atoms with van der Waals surface area (Å²) in [6.45, 7) is 0.457. The molecule has 0 fully saturated rings. The summed E-state index contributed by atoms with van der Waals surface area (Å²) >= 11 is 0. The number of hydrogen-bond acceptors (Lipinski definition) is 4. The van der Waals surface area contributed by atoms with Crippen molar-refractivity contribution < 1.29 is 14.3 Å². The molecule has 0 saturated heterocycles. The molecule has 78 valence electrons. The van der Waals surface area contributed by atoms with Crippen molar-refractivity contribution in [2.75, 3.05) is 20.8 Å². The number of ether oxygens (including phenoxy) is 2. The second kappa shape index (κ2) is 8.27. The Bertz CT molecular complexity index is 240. The number of hydrogen-bond donors (Lipinski definition) is 0. The van der Waals surface area contributed by atoms with E-state index in [1.54, 1.807) is 13.2 Å². The maximum atomic E-state index is 10.8. The smallest absolute Gasteiger partial charge is 0.305 e. The van der Waals surface area contributed by atoms with E-state index in [1.807, 2.05) is 6.07 Å². The first kappa shape index (κ1) is 12.7. The molecule has 0 bridgehead atoms. The molecule has 0 spiro atoms. The zero-order valence-electron chi connectivity index (χ0n) is 8.58. The topological polar surface area (TPSA) is 59.3 Å². The first-order valence-electron chi connectivity index (χ1n) is 4.35. The predicted molar refractivity (Wildman–Crippen MR) is 51.4 cm³/mol. The van der Waals surface area contributed by atoms with Crippen LogP contribution in [0.15, 0.2) is 11.6 Å². The number of esters is 1. The third-order valence-corrected chi connectivity index (χ3v) is 1.69. The Labute approximate surface area is 84.1 Å². The van der Waals surface area contributed by atoms with Crippen molar-refractivity contribution in [1.29, 1.82) is 5.26 Å². The summed E-state index contributed by atoms with van der Waals surface area (Å²) in [5.74, 6) is -0.246. The SMILES string of the molecule is COCC(=CCC#N)CCC(=O)OC. The van der Waals surface area contributed by atoms with Crippen LogP contribution in [0.25, 0.3) is 0 Å². The molecule has 0 aromatic heterocycles. The van der Waals surface area contributed by atoms with Gasteiger partial charge in [-0.3, -0.25) is 4.79 Å². The first-order valence-corrected chi connectivity index (χ1v) is 4.35. The zero-order valence-corrected chi connectivity index (χ0v) is 8.58. The zero-order chi connectivity index (χ0) is 10.8. The molecule has 0 aromatic rings. The van der Waals surface area contributed by atoms with Gasteiger partial charge in [-0.05, 0) is 12.0 Å². The van der Waals surface area contributed by atoms with E-state index in [4.69, 9.17) is 10.00 Å². The Morgan fingerprint density at radius 1 is 1.43 bits per heavy atom. The summed E-state index contributed by atoms with van der Waals surface area (Å²) in [6, 6.07) is 2.01. The van der Waals surface area contributed by atoms with Crippen molar-refractivity contribution in [3.8, 4) is 6.07 Å². The molecule has 0 aliphatic heterocycles. The predicted octanol–water partition coefficient (Wildman–Crippen LogP) is 1.43. The molecule has 4 heteroatoms. The Hall–Kier alpha value is -1.34. The molecule has 4 nitrogen and oxygen atoms in total. The van der Waals surface area contributed by atoms with E-state index in [-0.39, 0.29) is 5.97 Å². The Kier molecular flexibility index (Phi) is 7.48. The summed E-state index contributed by atoms with van der Waals surface area (Å²) in [7, 11) is 2.94. The van der Waals surface area contributed by atoms with Crippen molar-refractivity contribution in [2.45, 2.75) is 19.3 Å². The van der Waals surface area contributed by atoms with Crippen LogP contribution in [0.3, 0.4) is 0 Å². The molecule has 0 N–H and O–H groups in total. The molecule has 0 rings (SSSR count). The van der Waals surface area contributed by atoms with Gasteiger partial charge in [-0.25, -0.2) is 0 Å². The number of nitrogens with zero attached hydrogens (tertiary/aromatic N) is 1. The maximum absolute atomic E-state index is 10.8. The van der Waals surface area contributed by atoms with Crippen LogP contribution < -0.4 is 0 Å². The molecular weight excluding hydrogens is 182 g/mol. The molecule has 0 aliphatic carbocycles. The number of allylic oxidation sites excluding steroid dienone is 1. The van der Waals surface area contributed by atoms with Crippen LogP contribution in [-0.4, -0.2) is 26.8 Å². The average molecular weight is 197 g/mol. The minimum absolute atomic E-state index is 0.246. The van der Waals surface area contributed by atoms with E-state index in [0.29, 0.717) is 25.9 Å². The maximum Gasteiger partial charge on any atom is 0.305 e. The van der Waals surface area contributed by atoms with Crippen molar-refractivity contribution in [1.82, 2.24) is 0 Å². The quantitative estimate of drug-likeness (QED) is 0.477. The van der Waals surface area contributed by atoms with Crippen LogP contribution in [0, 0.1) is 11.3 Å². The lowest BCUT2D eigenvalue weighted by atomic mass is 10.1. The van der Waals surface area contributed by atoms with E-state index in [9.17, 15) is 4.79 Å². The molecule has 0 atom stereocenters. The highest BCUT2D eigenvalue weighted by Gasteiger charge is 2.03. The van der Waals surface area contributed by atoms with Gasteiger partial charge in [-0.15, -0.1) is 0 Å². The monoisotopic (exact) mass is 197 g/mol. The van der Waals surface area contributed by atoms with Gasteiger partial charge in [0.25, 0.3) is 0 Å². The van der Waals surface area contributed by atoms with Gasteiger partial charge in [0.15, 0.2) is 0 Å². The summed E-state index contributed by atoms with van der Waals surface area (Å²) in [5.41, 5.74) is 0.958. The fourth-order valence-electron chi connectivity index (χ4n) is 0.973. The van der Waals surface area contributed by atoms with E-state index >= 15 is 0 Å². The molecular formula is C10H15NO3. The van der Waals surface area contributed by atoms with E-state index < -0.39 is 0 Å². The molecule has 0 aliphatic rings. The minimum Gasteiger partial charge on any atom is -0.469 e. The molecule has 0 heterocycles. The van der Waals surface area contributed by atoms with Crippen LogP contribution in [0.5, 0.6) is 0 Å². The molecule has 14 heavy (non-hydrogen) atoms. The largest absolute Gasteiger partial charge is 0.469 e. The third-order valence-electron chi connectivity index (χ3n) is 1.69. The van der Waals surface area contributed by atoms with Crippen molar-refractivity contribution >= 4 is 5.97 Å². The number of methoxy groups -OCH3 is 2. The lowest BCUT2D eigenvalue weighted by molar-refractivity contribution is -0.140. The van der Waals surface area contributed by atoms with Crippen molar-refractivity contribution in [3.63, 3.8) is 0 Å². The van der Waals surface area contributed by atoms with Crippen molar-refractivity contribution in [2.24, 2.45) is 0 Å². The van der Waals surface area contributed by atoms with Crippen LogP contribution in [0.1, 0.15) is 19.3 Å². The number of carbonyl (C=O) groups excluding carboxylic acids is 1. The summed E-state index contributed by atoms with van der Waals surface area (Å²) in [5, 5.41) is 8.38. The summed E-state index contributed by atoms with van der Waals surface area (Å²) in [6.07, 6.45) is 3.05. The lowest BCUT2D eigenvalue weighted by Gasteiger charge is -2.04. The van der Waals surface area contributed by atoms with Crippen LogP contribution in [-0.2, 0) is 14.3 Å². The molecule has 0 aromatic carbocycles. The fraction of sp³-hybridized carbons (Fsp3) is 0.600. The van der Waals surface area contributed by atoms with Crippen LogP contribution in [0.2, 0.25) is 0 Å². The van der Waals surface area contributed by atoms with Gasteiger partial charge in [0.2, 0.25) is 0 Å². The van der Waals surface area contributed by atoms with Crippen molar-refractivity contribution in [3.05, 3.63) is 11.6 Å². The number of nitriles is 1. The highest BCUT2D eigenvalue weighted by atomic mass is 16.5. The van der Waals surface area contributed by atoms with Gasteiger partial charge >= 0.3 is 5.97 Å². The molecule has 0 unspecified atom stereocenters. The summed E-state index contributed by atoms with van der Waals surface area (Å²) < 4.78 is 9.45. The lowest BCUT2D eigenvalue weighted by Crippen LogP contribution is -2.03.